The Morgan fingerprint density at radius 1 is 0.920 bits per heavy atom. The van der Waals surface area contributed by atoms with Crippen LogP contribution in [0.5, 0.6) is 17.2 Å². The van der Waals surface area contributed by atoms with E-state index in [-0.39, 0.29) is 0 Å². The highest BCUT2D eigenvalue weighted by Crippen LogP contribution is 2.38. The minimum Gasteiger partial charge on any atom is -0.493 e. The number of hydrogen-bond acceptors (Lipinski definition) is 7. The van der Waals surface area contributed by atoms with Gasteiger partial charge in [0.1, 0.15) is 0 Å². The third-order valence-corrected chi connectivity index (χ3v) is 3.88. The maximum atomic E-state index is 5.63. The molecule has 3 N–H and O–H groups in total. The zero-order valence-corrected chi connectivity index (χ0v) is 14.4. The molecular formula is C18H20N4O3. The first kappa shape index (κ1) is 16.8. The minimum absolute atomic E-state index is 0.508. The van der Waals surface area contributed by atoms with E-state index in [1.807, 2.05) is 36.4 Å². The van der Waals surface area contributed by atoms with E-state index in [0.717, 1.165) is 22.3 Å². The van der Waals surface area contributed by atoms with Gasteiger partial charge in [-0.2, -0.15) is 0 Å². The summed E-state index contributed by atoms with van der Waals surface area (Å²) in [6, 6.07) is 11.4. The molecule has 0 saturated heterocycles. The fourth-order valence-corrected chi connectivity index (χ4v) is 2.71. The molecule has 7 heteroatoms. The summed E-state index contributed by atoms with van der Waals surface area (Å²) in [4.78, 5) is 9.20. The van der Waals surface area contributed by atoms with Crippen LogP contribution >= 0.6 is 0 Å². The number of nitrogens with one attached hydrogen (secondary N) is 1. The van der Waals surface area contributed by atoms with Gasteiger partial charge in [-0.25, -0.2) is 15.8 Å². The average Bonchev–Trinajstić information content (AvgIpc) is 2.66. The van der Waals surface area contributed by atoms with Crippen LogP contribution in [-0.2, 0) is 6.42 Å². The van der Waals surface area contributed by atoms with Crippen molar-refractivity contribution < 1.29 is 14.2 Å². The molecule has 0 saturated carbocycles. The van der Waals surface area contributed by atoms with Crippen LogP contribution in [0.4, 0.5) is 5.82 Å². The van der Waals surface area contributed by atoms with Crippen LogP contribution < -0.4 is 25.5 Å². The monoisotopic (exact) mass is 340 g/mol. The van der Waals surface area contributed by atoms with Crippen molar-refractivity contribution in [2.24, 2.45) is 5.84 Å². The predicted molar refractivity (Wildman–Crippen MR) is 96.3 cm³/mol. The van der Waals surface area contributed by atoms with Crippen molar-refractivity contribution in [2.45, 2.75) is 6.42 Å². The van der Waals surface area contributed by atoms with Gasteiger partial charge in [0.2, 0.25) is 5.75 Å². The summed E-state index contributed by atoms with van der Waals surface area (Å²) in [5.74, 6) is 7.90. The number of nitrogen functional groups attached to an aromatic ring is 1. The highest BCUT2D eigenvalue weighted by molar-refractivity contribution is 5.76. The Hall–Kier alpha value is -3.06. The van der Waals surface area contributed by atoms with Gasteiger partial charge < -0.3 is 19.6 Å². The lowest BCUT2D eigenvalue weighted by molar-refractivity contribution is 0.324. The number of fused-ring (bicyclic) bond motifs is 1. The molecule has 0 fully saturated rings. The number of ether oxygens (including phenoxy) is 3. The molecule has 130 valence electrons. The van der Waals surface area contributed by atoms with Crippen molar-refractivity contribution in [3.05, 3.63) is 47.7 Å². The number of rotatable bonds is 6. The SMILES string of the molecule is COc1cc(Cc2nc3ccccc3nc2NN)cc(OC)c1OC. The Labute approximate surface area is 145 Å². The number of aromatic nitrogens is 2. The van der Waals surface area contributed by atoms with Crippen molar-refractivity contribution in [1.29, 1.82) is 0 Å². The van der Waals surface area contributed by atoms with Gasteiger partial charge in [-0.3, -0.25) is 0 Å². The molecular weight excluding hydrogens is 320 g/mol. The van der Waals surface area contributed by atoms with Crippen molar-refractivity contribution >= 4 is 16.9 Å². The third kappa shape index (κ3) is 3.27. The zero-order chi connectivity index (χ0) is 17.8. The van der Waals surface area contributed by atoms with E-state index in [9.17, 15) is 0 Å². The Bertz CT molecular complexity index is 874. The number of hydrogen-bond donors (Lipinski definition) is 2. The van der Waals surface area contributed by atoms with Crippen LogP contribution in [0.3, 0.4) is 0 Å². The first-order chi connectivity index (χ1) is 12.2. The Kier molecular flexibility index (Phi) is 4.85. The summed E-state index contributed by atoms with van der Waals surface area (Å²) in [6.07, 6.45) is 0.508. The van der Waals surface area contributed by atoms with Crippen molar-refractivity contribution in [1.82, 2.24) is 9.97 Å². The Balaban J connectivity index is 2.06. The fraction of sp³-hybridized carbons (Fsp3) is 0.222. The van der Waals surface area contributed by atoms with Crippen molar-refractivity contribution in [3.63, 3.8) is 0 Å². The van der Waals surface area contributed by atoms with Crippen molar-refractivity contribution in [2.75, 3.05) is 26.8 Å². The zero-order valence-electron chi connectivity index (χ0n) is 14.4. The predicted octanol–water partition coefficient (Wildman–Crippen LogP) is 2.53. The van der Waals surface area contributed by atoms with E-state index in [1.54, 1.807) is 21.3 Å². The summed E-state index contributed by atoms with van der Waals surface area (Å²) in [7, 11) is 4.75. The quantitative estimate of drug-likeness (QED) is 0.526. The Morgan fingerprint density at radius 3 is 2.04 bits per heavy atom. The normalized spacial score (nSPS) is 10.6. The Morgan fingerprint density at radius 2 is 1.52 bits per heavy atom. The van der Waals surface area contributed by atoms with Gasteiger partial charge in [-0.05, 0) is 29.8 Å². The second kappa shape index (κ2) is 7.23. The van der Waals surface area contributed by atoms with E-state index in [1.165, 1.54) is 0 Å². The van der Waals surface area contributed by atoms with Gasteiger partial charge in [-0.1, -0.05) is 12.1 Å². The lowest BCUT2D eigenvalue weighted by Crippen LogP contribution is -2.13. The molecule has 7 nitrogen and oxygen atoms in total. The van der Waals surface area contributed by atoms with Crippen LogP contribution in [-0.4, -0.2) is 31.3 Å². The molecule has 1 aromatic heterocycles. The molecule has 1 heterocycles. The van der Waals surface area contributed by atoms with E-state index >= 15 is 0 Å². The number of para-hydroxylation sites is 2. The summed E-state index contributed by atoms with van der Waals surface area (Å²) in [5, 5.41) is 0. The third-order valence-electron chi connectivity index (χ3n) is 3.88. The van der Waals surface area contributed by atoms with Gasteiger partial charge in [0, 0.05) is 6.42 Å². The summed E-state index contributed by atoms with van der Waals surface area (Å²) >= 11 is 0. The molecule has 0 aliphatic heterocycles. The number of anilines is 1. The maximum absolute atomic E-state index is 5.63. The highest BCUT2D eigenvalue weighted by atomic mass is 16.5. The van der Waals surface area contributed by atoms with Gasteiger partial charge in [0.05, 0.1) is 38.1 Å². The number of hydrazine groups is 1. The van der Waals surface area contributed by atoms with E-state index in [4.69, 9.17) is 20.1 Å². The topological polar surface area (TPSA) is 91.5 Å². The highest BCUT2D eigenvalue weighted by Gasteiger charge is 2.15. The minimum atomic E-state index is 0.508. The molecule has 0 atom stereocenters. The first-order valence-corrected chi connectivity index (χ1v) is 7.71. The van der Waals surface area contributed by atoms with Crippen LogP contribution in [0.1, 0.15) is 11.3 Å². The molecule has 3 rings (SSSR count). The molecule has 0 bridgehead atoms. The van der Waals surface area contributed by atoms with Gasteiger partial charge in [0.25, 0.3) is 0 Å². The van der Waals surface area contributed by atoms with Crippen molar-refractivity contribution in [3.8, 4) is 17.2 Å². The second-order valence-electron chi connectivity index (χ2n) is 5.36. The number of nitrogens with zero attached hydrogens (tertiary/aromatic N) is 2. The molecule has 0 spiro atoms. The summed E-state index contributed by atoms with van der Waals surface area (Å²) in [6.45, 7) is 0. The van der Waals surface area contributed by atoms with Crippen LogP contribution in [0.2, 0.25) is 0 Å². The second-order valence-corrected chi connectivity index (χ2v) is 5.36. The molecule has 0 unspecified atom stereocenters. The summed E-state index contributed by atoms with van der Waals surface area (Å²) in [5.41, 5.74) is 5.89. The first-order valence-electron chi connectivity index (χ1n) is 7.71. The van der Waals surface area contributed by atoms with Crippen LogP contribution in [0.15, 0.2) is 36.4 Å². The number of benzene rings is 2. The van der Waals surface area contributed by atoms with Gasteiger partial charge in [0.15, 0.2) is 17.3 Å². The smallest absolute Gasteiger partial charge is 0.203 e. The molecule has 3 aromatic rings. The van der Waals surface area contributed by atoms with E-state index < -0.39 is 0 Å². The molecule has 0 radical (unpaired) electrons. The van der Waals surface area contributed by atoms with Crippen LogP contribution in [0, 0.1) is 0 Å². The molecule has 2 aromatic carbocycles. The lowest BCUT2D eigenvalue weighted by atomic mass is 10.1. The summed E-state index contributed by atoms with van der Waals surface area (Å²) < 4.78 is 16.2. The maximum Gasteiger partial charge on any atom is 0.203 e. The van der Waals surface area contributed by atoms with Crippen LogP contribution in [0.25, 0.3) is 11.0 Å². The van der Waals surface area contributed by atoms with E-state index in [0.29, 0.717) is 29.5 Å². The largest absolute Gasteiger partial charge is 0.493 e. The van der Waals surface area contributed by atoms with E-state index in [2.05, 4.69) is 15.4 Å². The number of nitrogens with two attached hydrogens (primary N) is 1. The average molecular weight is 340 g/mol. The lowest BCUT2D eigenvalue weighted by Gasteiger charge is -2.15. The number of methoxy groups -OCH3 is 3. The molecule has 0 aliphatic rings. The molecule has 0 aliphatic carbocycles. The standard InChI is InChI=1S/C18H20N4O3/c1-23-15-9-11(10-16(24-2)17(15)25-3)8-14-18(22-19)21-13-7-5-4-6-12(13)20-14/h4-7,9-10H,8,19H2,1-3H3,(H,21,22). The van der Waals surface area contributed by atoms with Gasteiger partial charge in [-0.15, -0.1) is 0 Å². The fourth-order valence-electron chi connectivity index (χ4n) is 2.71. The molecule has 0 amide bonds. The molecule has 25 heavy (non-hydrogen) atoms. The van der Waals surface area contributed by atoms with Gasteiger partial charge >= 0.3 is 0 Å².